The third-order valence-electron chi connectivity index (χ3n) is 4.43. The van der Waals surface area contributed by atoms with Crippen LogP contribution in [0.25, 0.3) is 11.4 Å². The molecule has 0 saturated heterocycles. The summed E-state index contributed by atoms with van der Waals surface area (Å²) in [7, 11) is 0. The zero-order valence-electron chi connectivity index (χ0n) is 16.5. The second-order valence-corrected chi connectivity index (χ2v) is 6.68. The van der Waals surface area contributed by atoms with Gasteiger partial charge in [0.1, 0.15) is 11.6 Å². The largest absolute Gasteiger partial charge is 0.441 e. The number of aromatic nitrogens is 3. The van der Waals surface area contributed by atoms with Gasteiger partial charge in [-0.25, -0.2) is 0 Å². The maximum absolute atomic E-state index is 12.9. The van der Waals surface area contributed by atoms with E-state index in [1.807, 2.05) is 31.2 Å². The van der Waals surface area contributed by atoms with Gasteiger partial charge in [0.15, 0.2) is 11.7 Å². The van der Waals surface area contributed by atoms with Crippen LogP contribution in [-0.2, 0) is 6.18 Å². The first-order valence-corrected chi connectivity index (χ1v) is 9.56. The normalized spacial score (nSPS) is 13.8. The summed E-state index contributed by atoms with van der Waals surface area (Å²) in [6.07, 6.45) is -1.80. The first-order valence-electron chi connectivity index (χ1n) is 9.56. The second kappa shape index (κ2) is 8.50. The van der Waals surface area contributed by atoms with Crippen LogP contribution in [0.5, 0.6) is 5.75 Å². The average Bonchev–Trinajstić information content (AvgIpc) is 3.22. The fraction of sp³-hybridized carbons (Fsp3) is 0.190. The van der Waals surface area contributed by atoms with Gasteiger partial charge in [0.05, 0.1) is 12.1 Å². The molecule has 0 amide bonds. The average molecular weight is 428 g/mol. The first-order chi connectivity index (χ1) is 14.9. The standard InChI is InChI=1S/C21H19F3N6O/c1-2-17-25-10-9-18(27-17)31-16-8-3-5-13(11-16)19-28-20(30-29-19)26-15-7-4-6-14(12-15)21(22,23)24/h3-9,11-12H,2,10H2,1H3,(H,25,27)(H2,26,28,29,30). The monoisotopic (exact) mass is 428 g/mol. The fourth-order valence-electron chi connectivity index (χ4n) is 2.92. The lowest BCUT2D eigenvalue weighted by atomic mass is 10.2. The minimum absolute atomic E-state index is 0.154. The summed E-state index contributed by atoms with van der Waals surface area (Å²) in [5, 5.41) is 12.7. The van der Waals surface area contributed by atoms with Crippen LogP contribution in [0.1, 0.15) is 18.9 Å². The Morgan fingerprint density at radius 1 is 1.13 bits per heavy atom. The van der Waals surface area contributed by atoms with Crippen molar-refractivity contribution in [2.75, 3.05) is 11.9 Å². The Morgan fingerprint density at radius 2 is 1.97 bits per heavy atom. The van der Waals surface area contributed by atoms with Crippen molar-refractivity contribution in [1.29, 1.82) is 0 Å². The van der Waals surface area contributed by atoms with Crippen LogP contribution < -0.4 is 15.4 Å². The summed E-state index contributed by atoms with van der Waals surface area (Å²) >= 11 is 0. The number of aliphatic imine (C=N–C) groups is 1. The van der Waals surface area contributed by atoms with Crippen molar-refractivity contribution in [3.05, 3.63) is 66.1 Å². The highest BCUT2D eigenvalue weighted by Gasteiger charge is 2.30. The van der Waals surface area contributed by atoms with Crippen LogP contribution in [0.4, 0.5) is 24.8 Å². The van der Waals surface area contributed by atoms with E-state index in [1.54, 1.807) is 6.07 Å². The number of H-pyrrole nitrogens is 1. The zero-order chi connectivity index (χ0) is 21.8. The number of nitrogens with zero attached hydrogens (tertiary/aromatic N) is 3. The number of benzene rings is 2. The Kier molecular flexibility index (Phi) is 5.61. The summed E-state index contributed by atoms with van der Waals surface area (Å²) in [6, 6.07) is 12.1. The van der Waals surface area contributed by atoms with Crippen LogP contribution in [-0.4, -0.2) is 27.6 Å². The lowest BCUT2D eigenvalue weighted by molar-refractivity contribution is -0.137. The fourth-order valence-corrected chi connectivity index (χ4v) is 2.92. The molecule has 0 saturated carbocycles. The Hall–Kier alpha value is -3.82. The van der Waals surface area contributed by atoms with Crippen molar-refractivity contribution in [2.45, 2.75) is 19.5 Å². The summed E-state index contributed by atoms with van der Waals surface area (Å²) in [4.78, 5) is 8.63. The number of aromatic amines is 1. The number of nitrogens with one attached hydrogen (secondary N) is 3. The highest BCUT2D eigenvalue weighted by molar-refractivity contribution is 5.84. The van der Waals surface area contributed by atoms with Crippen LogP contribution in [0, 0.1) is 0 Å². The van der Waals surface area contributed by atoms with Crippen molar-refractivity contribution in [2.24, 2.45) is 4.99 Å². The van der Waals surface area contributed by atoms with Gasteiger partial charge in [-0.3, -0.25) is 10.1 Å². The molecule has 0 radical (unpaired) electrons. The van der Waals surface area contributed by atoms with E-state index in [-0.39, 0.29) is 11.6 Å². The number of alkyl halides is 3. The zero-order valence-corrected chi connectivity index (χ0v) is 16.5. The topological polar surface area (TPSA) is 87.2 Å². The number of hydrogen-bond acceptors (Lipinski definition) is 6. The molecular formula is C21H19F3N6O. The molecule has 0 fully saturated rings. The molecule has 1 aliphatic rings. The van der Waals surface area contributed by atoms with E-state index in [0.717, 1.165) is 24.4 Å². The highest BCUT2D eigenvalue weighted by atomic mass is 19.4. The van der Waals surface area contributed by atoms with E-state index < -0.39 is 11.7 Å². The molecule has 0 atom stereocenters. The quantitative estimate of drug-likeness (QED) is 0.522. The molecule has 0 unspecified atom stereocenters. The van der Waals surface area contributed by atoms with E-state index >= 15 is 0 Å². The summed E-state index contributed by atoms with van der Waals surface area (Å²) in [5.74, 6) is 2.66. The van der Waals surface area contributed by atoms with Crippen LogP contribution in [0.3, 0.4) is 0 Å². The summed E-state index contributed by atoms with van der Waals surface area (Å²) < 4.78 is 44.5. The van der Waals surface area contributed by atoms with E-state index in [0.29, 0.717) is 29.6 Å². The van der Waals surface area contributed by atoms with Gasteiger partial charge in [0.25, 0.3) is 0 Å². The lowest BCUT2D eigenvalue weighted by Gasteiger charge is -2.16. The maximum Gasteiger partial charge on any atom is 0.416 e. The minimum Gasteiger partial charge on any atom is -0.441 e. The molecule has 0 bridgehead atoms. The predicted octanol–water partition coefficient (Wildman–Crippen LogP) is 4.87. The molecule has 0 spiro atoms. The molecule has 3 aromatic rings. The molecular weight excluding hydrogens is 409 g/mol. The van der Waals surface area contributed by atoms with Gasteiger partial charge in [-0.15, -0.1) is 5.10 Å². The Morgan fingerprint density at radius 3 is 2.77 bits per heavy atom. The molecule has 160 valence electrons. The number of ether oxygens (including phenoxy) is 1. The van der Waals surface area contributed by atoms with Crippen molar-refractivity contribution in [1.82, 2.24) is 20.5 Å². The van der Waals surface area contributed by atoms with Gasteiger partial charge in [-0.05, 0) is 36.4 Å². The van der Waals surface area contributed by atoms with E-state index in [1.165, 1.54) is 12.1 Å². The Labute approximate surface area is 176 Å². The number of anilines is 2. The number of halogens is 3. The molecule has 2 aromatic carbocycles. The first kappa shape index (κ1) is 20.5. The van der Waals surface area contributed by atoms with Gasteiger partial charge in [-0.2, -0.15) is 18.2 Å². The molecule has 0 aliphatic carbocycles. The SMILES string of the molecule is CCC1=NCC=C(Oc2cccc(-c3nc(Nc4cccc(C(F)(F)F)c4)n[nH]3)c2)N1. The number of amidine groups is 1. The molecule has 31 heavy (non-hydrogen) atoms. The Balaban J connectivity index is 1.47. The van der Waals surface area contributed by atoms with Gasteiger partial charge in [0.2, 0.25) is 5.95 Å². The number of rotatable bonds is 6. The minimum atomic E-state index is -4.42. The van der Waals surface area contributed by atoms with Crippen molar-refractivity contribution < 1.29 is 17.9 Å². The van der Waals surface area contributed by atoms with E-state index in [2.05, 4.69) is 30.8 Å². The van der Waals surface area contributed by atoms with Gasteiger partial charge in [-0.1, -0.05) is 25.1 Å². The molecule has 2 heterocycles. The van der Waals surface area contributed by atoms with E-state index in [9.17, 15) is 13.2 Å². The third kappa shape index (κ3) is 5.03. The third-order valence-corrected chi connectivity index (χ3v) is 4.43. The van der Waals surface area contributed by atoms with E-state index in [4.69, 9.17) is 4.74 Å². The molecule has 10 heteroatoms. The maximum atomic E-state index is 12.9. The molecule has 4 rings (SSSR count). The van der Waals surface area contributed by atoms with Gasteiger partial charge < -0.3 is 15.4 Å². The van der Waals surface area contributed by atoms with Crippen LogP contribution >= 0.6 is 0 Å². The Bertz CT molecular complexity index is 1140. The smallest absolute Gasteiger partial charge is 0.416 e. The van der Waals surface area contributed by atoms with Crippen LogP contribution in [0.2, 0.25) is 0 Å². The second-order valence-electron chi connectivity index (χ2n) is 6.68. The molecule has 7 nitrogen and oxygen atoms in total. The summed E-state index contributed by atoms with van der Waals surface area (Å²) in [6.45, 7) is 2.56. The van der Waals surface area contributed by atoms with Crippen molar-refractivity contribution in [3.8, 4) is 17.1 Å². The lowest BCUT2D eigenvalue weighted by Crippen LogP contribution is -2.28. The summed E-state index contributed by atoms with van der Waals surface area (Å²) in [5.41, 5.74) is 0.198. The number of hydrogen-bond donors (Lipinski definition) is 3. The van der Waals surface area contributed by atoms with Crippen molar-refractivity contribution in [3.63, 3.8) is 0 Å². The van der Waals surface area contributed by atoms with Gasteiger partial charge >= 0.3 is 6.18 Å². The van der Waals surface area contributed by atoms with Crippen molar-refractivity contribution >= 4 is 17.5 Å². The van der Waals surface area contributed by atoms with Crippen LogP contribution in [0.15, 0.2) is 65.5 Å². The molecule has 3 N–H and O–H groups in total. The molecule has 1 aliphatic heterocycles. The van der Waals surface area contributed by atoms with Gasteiger partial charge in [0, 0.05) is 17.7 Å². The molecule has 1 aromatic heterocycles. The predicted molar refractivity (Wildman–Crippen MR) is 111 cm³/mol. The highest BCUT2D eigenvalue weighted by Crippen LogP contribution is 2.31.